The second-order valence-corrected chi connectivity index (χ2v) is 5.12. The molecular formula is C10H15N3O4S. The fourth-order valence-electron chi connectivity index (χ4n) is 1.25. The highest BCUT2D eigenvalue weighted by atomic mass is 32.2. The average Bonchev–Trinajstić information content (AvgIpc) is 2.28. The van der Waals surface area contributed by atoms with Gasteiger partial charge in [0.05, 0.1) is 6.61 Å². The van der Waals surface area contributed by atoms with Gasteiger partial charge in [0.1, 0.15) is 17.3 Å². The quantitative estimate of drug-likeness (QED) is 0.741. The van der Waals surface area contributed by atoms with Crippen LogP contribution in [0.1, 0.15) is 6.92 Å². The minimum Gasteiger partial charge on any atom is -0.465 e. The standard InChI is InChI=1S/C10H15N3O4S/c1-3-17-10(14)7-13(2)9-5-4-8(6-12-9)18(11,15)16/h4-6H,3,7H2,1-2H3,(H2,11,15,16). The summed E-state index contributed by atoms with van der Waals surface area (Å²) in [6.45, 7) is 2.07. The summed E-state index contributed by atoms with van der Waals surface area (Å²) in [7, 11) is -2.10. The van der Waals surface area contributed by atoms with E-state index in [1.165, 1.54) is 12.1 Å². The molecule has 0 saturated carbocycles. The van der Waals surface area contributed by atoms with Crippen molar-refractivity contribution in [1.82, 2.24) is 4.98 Å². The molecule has 0 fully saturated rings. The van der Waals surface area contributed by atoms with Gasteiger partial charge in [-0.05, 0) is 19.1 Å². The van der Waals surface area contributed by atoms with Gasteiger partial charge < -0.3 is 9.64 Å². The van der Waals surface area contributed by atoms with Crippen LogP contribution in [-0.4, -0.2) is 39.6 Å². The van der Waals surface area contributed by atoms with Crippen LogP contribution >= 0.6 is 0 Å². The molecule has 1 rings (SSSR count). The smallest absolute Gasteiger partial charge is 0.325 e. The van der Waals surface area contributed by atoms with Crippen LogP contribution in [0.5, 0.6) is 0 Å². The zero-order chi connectivity index (χ0) is 13.8. The van der Waals surface area contributed by atoms with E-state index in [4.69, 9.17) is 9.88 Å². The van der Waals surface area contributed by atoms with Crippen molar-refractivity contribution in [2.45, 2.75) is 11.8 Å². The number of likely N-dealkylation sites (N-methyl/N-ethyl adjacent to an activating group) is 1. The van der Waals surface area contributed by atoms with Crippen molar-refractivity contribution >= 4 is 21.8 Å². The minimum atomic E-state index is -3.75. The van der Waals surface area contributed by atoms with E-state index in [2.05, 4.69) is 4.98 Å². The maximum Gasteiger partial charge on any atom is 0.325 e. The maximum absolute atomic E-state index is 11.2. The van der Waals surface area contributed by atoms with Crippen LogP contribution in [0.4, 0.5) is 5.82 Å². The number of carbonyl (C=O) groups is 1. The largest absolute Gasteiger partial charge is 0.465 e. The van der Waals surface area contributed by atoms with E-state index in [0.717, 1.165) is 6.20 Å². The van der Waals surface area contributed by atoms with Crippen LogP contribution in [0.2, 0.25) is 0 Å². The molecule has 1 aromatic heterocycles. The third-order valence-electron chi connectivity index (χ3n) is 2.11. The van der Waals surface area contributed by atoms with Gasteiger partial charge in [0.25, 0.3) is 0 Å². The number of rotatable bonds is 5. The SMILES string of the molecule is CCOC(=O)CN(C)c1ccc(S(N)(=O)=O)cn1. The molecule has 0 amide bonds. The number of carbonyl (C=O) groups excluding carboxylic acids is 1. The second-order valence-electron chi connectivity index (χ2n) is 3.56. The molecule has 100 valence electrons. The average molecular weight is 273 g/mol. The number of hydrogen-bond donors (Lipinski definition) is 1. The zero-order valence-electron chi connectivity index (χ0n) is 10.2. The van der Waals surface area contributed by atoms with E-state index in [9.17, 15) is 13.2 Å². The summed E-state index contributed by atoms with van der Waals surface area (Å²) in [6, 6.07) is 2.80. The Morgan fingerprint density at radius 1 is 1.50 bits per heavy atom. The first-order chi connectivity index (χ1) is 8.34. The molecule has 2 N–H and O–H groups in total. The van der Waals surface area contributed by atoms with Crippen molar-refractivity contribution in [3.63, 3.8) is 0 Å². The Balaban J connectivity index is 2.76. The predicted molar refractivity (Wildman–Crippen MR) is 65.5 cm³/mol. The number of nitrogens with zero attached hydrogens (tertiary/aromatic N) is 2. The van der Waals surface area contributed by atoms with Gasteiger partial charge in [-0.1, -0.05) is 0 Å². The van der Waals surface area contributed by atoms with Crippen molar-refractivity contribution in [1.29, 1.82) is 0 Å². The van der Waals surface area contributed by atoms with Crippen LogP contribution in [0.3, 0.4) is 0 Å². The van der Waals surface area contributed by atoms with Gasteiger partial charge in [0.2, 0.25) is 10.0 Å². The van der Waals surface area contributed by atoms with Crippen LogP contribution < -0.4 is 10.0 Å². The third kappa shape index (κ3) is 3.97. The van der Waals surface area contributed by atoms with E-state index >= 15 is 0 Å². The van der Waals surface area contributed by atoms with Crippen molar-refractivity contribution in [3.05, 3.63) is 18.3 Å². The summed E-state index contributed by atoms with van der Waals surface area (Å²) in [4.78, 5) is 16.6. The number of esters is 1. The summed E-state index contributed by atoms with van der Waals surface area (Å²) in [6.07, 6.45) is 1.15. The number of anilines is 1. The fourth-order valence-corrected chi connectivity index (χ4v) is 1.71. The van der Waals surface area contributed by atoms with Gasteiger partial charge in [-0.15, -0.1) is 0 Å². The lowest BCUT2D eigenvalue weighted by Gasteiger charge is -2.16. The molecule has 0 unspecified atom stereocenters. The molecule has 0 aliphatic rings. The van der Waals surface area contributed by atoms with Gasteiger partial charge in [-0.3, -0.25) is 4.79 Å². The molecule has 1 aromatic rings. The maximum atomic E-state index is 11.2. The topological polar surface area (TPSA) is 103 Å². The van der Waals surface area contributed by atoms with Gasteiger partial charge in [0, 0.05) is 13.2 Å². The number of pyridine rings is 1. The van der Waals surface area contributed by atoms with Crippen LogP contribution in [0.15, 0.2) is 23.2 Å². The van der Waals surface area contributed by atoms with Crippen molar-refractivity contribution in [2.75, 3.05) is 25.1 Å². The van der Waals surface area contributed by atoms with Crippen LogP contribution in [0, 0.1) is 0 Å². The van der Waals surface area contributed by atoms with Gasteiger partial charge >= 0.3 is 5.97 Å². The predicted octanol–water partition coefficient (Wildman–Crippen LogP) is -0.272. The molecule has 0 aliphatic carbocycles. The molecule has 8 heteroatoms. The Bertz CT molecular complexity index is 512. The van der Waals surface area contributed by atoms with E-state index in [1.807, 2.05) is 0 Å². The van der Waals surface area contributed by atoms with Crippen LogP contribution in [0.25, 0.3) is 0 Å². The lowest BCUT2D eigenvalue weighted by atomic mass is 10.4. The molecule has 0 aliphatic heterocycles. The zero-order valence-corrected chi connectivity index (χ0v) is 11.0. The molecular weight excluding hydrogens is 258 g/mol. The highest BCUT2D eigenvalue weighted by Gasteiger charge is 2.12. The summed E-state index contributed by atoms with van der Waals surface area (Å²) in [5.41, 5.74) is 0. The molecule has 0 bridgehead atoms. The van der Waals surface area contributed by atoms with Gasteiger partial charge in [-0.2, -0.15) is 0 Å². The monoisotopic (exact) mass is 273 g/mol. The first-order valence-electron chi connectivity index (χ1n) is 5.20. The number of sulfonamides is 1. The Morgan fingerprint density at radius 3 is 2.61 bits per heavy atom. The molecule has 18 heavy (non-hydrogen) atoms. The third-order valence-corrected chi connectivity index (χ3v) is 3.01. The normalized spacial score (nSPS) is 11.1. The first kappa shape index (κ1) is 14.4. The molecule has 0 spiro atoms. The Labute approximate surface area is 106 Å². The lowest BCUT2D eigenvalue weighted by molar-refractivity contribution is -0.141. The Morgan fingerprint density at radius 2 is 2.17 bits per heavy atom. The van der Waals surface area contributed by atoms with Crippen LogP contribution in [-0.2, 0) is 19.6 Å². The Hall–Kier alpha value is -1.67. The van der Waals surface area contributed by atoms with Crippen molar-refractivity contribution in [2.24, 2.45) is 5.14 Å². The molecule has 7 nitrogen and oxygen atoms in total. The number of hydrogen-bond acceptors (Lipinski definition) is 6. The highest BCUT2D eigenvalue weighted by Crippen LogP contribution is 2.12. The number of aromatic nitrogens is 1. The summed E-state index contributed by atoms with van der Waals surface area (Å²) in [5, 5.41) is 4.95. The van der Waals surface area contributed by atoms with E-state index < -0.39 is 10.0 Å². The minimum absolute atomic E-state index is 0.0373. The molecule has 0 aromatic carbocycles. The van der Waals surface area contributed by atoms with E-state index in [1.54, 1.807) is 18.9 Å². The number of primary sulfonamides is 1. The van der Waals surface area contributed by atoms with Gasteiger partial charge in [-0.25, -0.2) is 18.5 Å². The van der Waals surface area contributed by atoms with Crippen molar-refractivity contribution in [3.8, 4) is 0 Å². The second kappa shape index (κ2) is 5.78. The molecule has 0 atom stereocenters. The van der Waals surface area contributed by atoms with Gasteiger partial charge in [0.15, 0.2) is 0 Å². The molecule has 1 heterocycles. The first-order valence-corrected chi connectivity index (χ1v) is 6.75. The number of nitrogens with two attached hydrogens (primary N) is 1. The fraction of sp³-hybridized carbons (Fsp3) is 0.400. The summed E-state index contributed by atoms with van der Waals surface area (Å²) >= 11 is 0. The van der Waals surface area contributed by atoms with E-state index in [-0.39, 0.29) is 17.4 Å². The summed E-state index contributed by atoms with van der Waals surface area (Å²) < 4.78 is 26.8. The van der Waals surface area contributed by atoms with E-state index in [0.29, 0.717) is 12.4 Å². The lowest BCUT2D eigenvalue weighted by Crippen LogP contribution is -2.27. The molecule has 0 radical (unpaired) electrons. The molecule has 0 saturated heterocycles. The Kier molecular flexibility index (Phi) is 4.62. The van der Waals surface area contributed by atoms with Crippen molar-refractivity contribution < 1.29 is 17.9 Å². The highest BCUT2D eigenvalue weighted by molar-refractivity contribution is 7.89. The number of ether oxygens (including phenoxy) is 1. The summed E-state index contributed by atoms with van der Waals surface area (Å²) in [5.74, 6) is 0.0766.